The lowest BCUT2D eigenvalue weighted by Crippen LogP contribution is -2.35. The van der Waals surface area contributed by atoms with Crippen molar-refractivity contribution in [1.82, 2.24) is 24.5 Å². The second kappa shape index (κ2) is 9.88. The Hall–Kier alpha value is -4.47. The predicted molar refractivity (Wildman–Crippen MR) is 135 cm³/mol. The van der Waals surface area contributed by atoms with Gasteiger partial charge in [-0.25, -0.2) is 14.2 Å². The van der Waals surface area contributed by atoms with Gasteiger partial charge in [-0.3, -0.25) is 4.40 Å². The van der Waals surface area contributed by atoms with E-state index in [0.717, 1.165) is 28.0 Å². The Morgan fingerprint density at radius 3 is 2.89 bits per heavy atom. The third-order valence-corrected chi connectivity index (χ3v) is 6.72. The van der Waals surface area contributed by atoms with E-state index in [-0.39, 0.29) is 25.1 Å². The number of benzene rings is 2. The molecular formula is C27H25FN6O3. The van der Waals surface area contributed by atoms with E-state index >= 15 is 0 Å². The number of nitrogens with zero attached hydrogens (tertiary/aromatic N) is 5. The standard InChI is InChI=1S/C27H25FN6O3/c28-23-6-7-24-20(10-13-36-24)22(23)15-30-26-29-14-21(25-32-31-17-34(25)26)19-8-11-33(12-9-19)27(35)37-16-18-4-2-1-3-5-18/h1-8,14,17H,9-13,15-16H2,(H,29,30). The number of aromatic nitrogens is 4. The minimum absolute atomic E-state index is 0.244. The molecule has 0 radical (unpaired) electrons. The Balaban J connectivity index is 1.15. The highest BCUT2D eigenvalue weighted by atomic mass is 19.1. The lowest BCUT2D eigenvalue weighted by atomic mass is 10.0. The lowest BCUT2D eigenvalue weighted by Gasteiger charge is -2.26. The van der Waals surface area contributed by atoms with Crippen LogP contribution in [-0.4, -0.2) is 50.3 Å². The zero-order valence-electron chi connectivity index (χ0n) is 20.1. The highest BCUT2D eigenvalue weighted by Gasteiger charge is 2.23. The number of nitrogens with one attached hydrogen (secondary N) is 1. The number of halogens is 1. The molecule has 0 spiro atoms. The number of amides is 1. The molecule has 1 amide bonds. The zero-order valence-corrected chi connectivity index (χ0v) is 20.1. The molecule has 0 atom stereocenters. The molecule has 2 aromatic carbocycles. The van der Waals surface area contributed by atoms with Crippen molar-refractivity contribution in [3.8, 4) is 5.75 Å². The van der Waals surface area contributed by atoms with Crippen LogP contribution in [-0.2, 0) is 24.3 Å². The first-order valence-corrected chi connectivity index (χ1v) is 12.2. The largest absolute Gasteiger partial charge is 0.493 e. The van der Waals surface area contributed by atoms with Gasteiger partial charge in [-0.05, 0) is 29.7 Å². The van der Waals surface area contributed by atoms with Crippen LogP contribution in [0.4, 0.5) is 15.1 Å². The van der Waals surface area contributed by atoms with Crippen molar-refractivity contribution in [3.05, 3.63) is 89.1 Å². The molecule has 4 aromatic rings. The van der Waals surface area contributed by atoms with E-state index in [1.807, 2.05) is 36.4 Å². The summed E-state index contributed by atoms with van der Waals surface area (Å²) in [6.45, 7) is 2.03. The van der Waals surface area contributed by atoms with Crippen molar-refractivity contribution in [2.45, 2.75) is 26.0 Å². The topological polar surface area (TPSA) is 93.9 Å². The highest BCUT2D eigenvalue weighted by Crippen LogP contribution is 2.31. The van der Waals surface area contributed by atoms with Crippen molar-refractivity contribution in [1.29, 1.82) is 0 Å². The molecule has 0 unspecified atom stereocenters. The van der Waals surface area contributed by atoms with Gasteiger partial charge in [-0.15, -0.1) is 10.2 Å². The Morgan fingerprint density at radius 2 is 2.05 bits per heavy atom. The van der Waals surface area contributed by atoms with E-state index < -0.39 is 0 Å². The van der Waals surface area contributed by atoms with Gasteiger partial charge < -0.3 is 19.7 Å². The van der Waals surface area contributed by atoms with Crippen LogP contribution >= 0.6 is 0 Å². The summed E-state index contributed by atoms with van der Waals surface area (Å²) in [7, 11) is 0. The molecule has 6 rings (SSSR count). The van der Waals surface area contributed by atoms with Gasteiger partial charge in [0.1, 0.15) is 24.5 Å². The van der Waals surface area contributed by atoms with Crippen LogP contribution in [0, 0.1) is 5.82 Å². The highest BCUT2D eigenvalue weighted by molar-refractivity contribution is 5.78. The number of carbonyl (C=O) groups is 1. The molecule has 0 bridgehead atoms. The van der Waals surface area contributed by atoms with Gasteiger partial charge in [-0.1, -0.05) is 36.4 Å². The van der Waals surface area contributed by atoms with Crippen molar-refractivity contribution in [2.24, 2.45) is 0 Å². The van der Waals surface area contributed by atoms with Gasteiger partial charge in [0.15, 0.2) is 5.65 Å². The van der Waals surface area contributed by atoms with Crippen LogP contribution in [0.5, 0.6) is 5.75 Å². The molecule has 0 saturated heterocycles. The maximum atomic E-state index is 14.5. The van der Waals surface area contributed by atoms with Gasteiger partial charge in [-0.2, -0.15) is 0 Å². The minimum Gasteiger partial charge on any atom is -0.493 e. The average Bonchev–Trinajstić information content (AvgIpc) is 3.62. The monoisotopic (exact) mass is 500 g/mol. The summed E-state index contributed by atoms with van der Waals surface area (Å²) in [5, 5.41) is 11.6. The predicted octanol–water partition coefficient (Wildman–Crippen LogP) is 4.24. The van der Waals surface area contributed by atoms with Crippen molar-refractivity contribution in [3.63, 3.8) is 0 Å². The first kappa shape index (κ1) is 23.0. The van der Waals surface area contributed by atoms with Gasteiger partial charge in [0.2, 0.25) is 5.95 Å². The summed E-state index contributed by atoms with van der Waals surface area (Å²) in [6, 6.07) is 12.7. The third kappa shape index (κ3) is 4.57. The van der Waals surface area contributed by atoms with E-state index in [2.05, 4.69) is 20.5 Å². The summed E-state index contributed by atoms with van der Waals surface area (Å²) in [6.07, 6.45) is 6.31. The molecule has 10 heteroatoms. The maximum absolute atomic E-state index is 14.5. The molecule has 2 aliphatic rings. The number of fused-ring (bicyclic) bond motifs is 2. The molecule has 0 fully saturated rings. The van der Waals surface area contributed by atoms with E-state index in [1.54, 1.807) is 27.9 Å². The molecule has 188 valence electrons. The molecular weight excluding hydrogens is 475 g/mol. The fourth-order valence-corrected chi connectivity index (χ4v) is 4.74. The molecule has 4 heterocycles. The third-order valence-electron chi connectivity index (χ3n) is 6.72. The molecule has 1 N–H and O–H groups in total. The molecule has 0 saturated carbocycles. The van der Waals surface area contributed by atoms with Crippen LogP contribution in [0.2, 0.25) is 0 Å². The van der Waals surface area contributed by atoms with Crippen molar-refractivity contribution in [2.75, 3.05) is 25.0 Å². The van der Waals surface area contributed by atoms with Crippen LogP contribution in [0.15, 0.2) is 61.1 Å². The number of hydrogen-bond acceptors (Lipinski definition) is 7. The second-order valence-electron chi connectivity index (χ2n) is 8.94. The maximum Gasteiger partial charge on any atom is 0.410 e. The van der Waals surface area contributed by atoms with Crippen LogP contribution < -0.4 is 10.1 Å². The number of ether oxygens (including phenoxy) is 2. The summed E-state index contributed by atoms with van der Waals surface area (Å²) in [5.74, 6) is 0.980. The first-order chi connectivity index (χ1) is 18.2. The van der Waals surface area contributed by atoms with Crippen LogP contribution in [0.25, 0.3) is 11.2 Å². The minimum atomic E-state index is -0.338. The molecule has 37 heavy (non-hydrogen) atoms. The summed E-state index contributed by atoms with van der Waals surface area (Å²) in [4.78, 5) is 18.8. The summed E-state index contributed by atoms with van der Waals surface area (Å²) >= 11 is 0. The first-order valence-electron chi connectivity index (χ1n) is 12.2. The summed E-state index contributed by atoms with van der Waals surface area (Å²) in [5.41, 5.74) is 4.95. The fourth-order valence-electron chi connectivity index (χ4n) is 4.74. The SMILES string of the molecule is O=C(OCc1ccccc1)N1CC=C(c2cnc(NCc3c(F)ccc4c3CCO4)n3cnnc23)CC1. The second-order valence-corrected chi connectivity index (χ2v) is 8.94. The fraction of sp³-hybridized carbons (Fsp3) is 0.259. The van der Waals surface area contributed by atoms with Crippen LogP contribution in [0.3, 0.4) is 0 Å². The molecule has 2 aromatic heterocycles. The molecule has 2 aliphatic heterocycles. The molecule has 9 nitrogen and oxygen atoms in total. The number of hydrogen-bond donors (Lipinski definition) is 1. The Morgan fingerprint density at radius 1 is 1.16 bits per heavy atom. The van der Waals surface area contributed by atoms with E-state index in [9.17, 15) is 9.18 Å². The smallest absolute Gasteiger partial charge is 0.410 e. The number of anilines is 1. The lowest BCUT2D eigenvalue weighted by molar-refractivity contribution is 0.0998. The van der Waals surface area contributed by atoms with Crippen molar-refractivity contribution < 1.29 is 18.7 Å². The number of carbonyl (C=O) groups excluding carboxylic acids is 1. The summed E-state index contributed by atoms with van der Waals surface area (Å²) < 4.78 is 27.3. The van der Waals surface area contributed by atoms with E-state index in [1.165, 1.54) is 6.07 Å². The van der Waals surface area contributed by atoms with Gasteiger partial charge >= 0.3 is 6.09 Å². The van der Waals surface area contributed by atoms with E-state index in [0.29, 0.717) is 49.7 Å². The normalized spacial score (nSPS) is 14.7. The molecule has 0 aliphatic carbocycles. The van der Waals surface area contributed by atoms with Crippen LogP contribution in [0.1, 0.15) is 28.7 Å². The van der Waals surface area contributed by atoms with Gasteiger partial charge in [0.25, 0.3) is 0 Å². The average molecular weight is 501 g/mol. The Labute approximate surface area is 212 Å². The van der Waals surface area contributed by atoms with Crippen molar-refractivity contribution >= 4 is 23.3 Å². The Kier molecular flexibility index (Phi) is 6.13. The van der Waals surface area contributed by atoms with Gasteiger partial charge in [0.05, 0.1) is 6.61 Å². The van der Waals surface area contributed by atoms with E-state index in [4.69, 9.17) is 9.47 Å². The number of rotatable bonds is 6. The quantitative estimate of drug-likeness (QED) is 0.423. The zero-order chi connectivity index (χ0) is 25.2. The van der Waals surface area contributed by atoms with Gasteiger partial charge in [0, 0.05) is 48.9 Å². The Bertz CT molecular complexity index is 1490.